The van der Waals surface area contributed by atoms with Crippen molar-refractivity contribution in [1.82, 2.24) is 15.1 Å². The van der Waals surface area contributed by atoms with Crippen LogP contribution in [-0.4, -0.2) is 60.9 Å². The fraction of sp³-hybridized carbons (Fsp3) is 0.500. The number of benzene rings is 2. The van der Waals surface area contributed by atoms with Crippen LogP contribution < -0.4 is 10.6 Å². The third-order valence-electron chi connectivity index (χ3n) is 7.08. The Bertz CT molecular complexity index is 934. The molecular formula is C28H38N4O2. The molecule has 2 aromatic carbocycles. The quantitative estimate of drug-likeness (QED) is 0.588. The number of carbonyl (C=O) groups is 2. The first-order valence-corrected chi connectivity index (χ1v) is 12.7. The molecule has 2 fully saturated rings. The van der Waals surface area contributed by atoms with Gasteiger partial charge in [0.05, 0.1) is 17.8 Å². The van der Waals surface area contributed by atoms with Crippen molar-refractivity contribution in [2.75, 3.05) is 38.5 Å². The molecule has 1 saturated heterocycles. The minimum Gasteiger partial charge on any atom is -0.349 e. The molecule has 1 aliphatic heterocycles. The van der Waals surface area contributed by atoms with E-state index in [9.17, 15) is 9.59 Å². The Hall–Kier alpha value is -2.70. The molecular weight excluding hydrogens is 424 g/mol. The Labute approximate surface area is 203 Å². The van der Waals surface area contributed by atoms with E-state index in [1.54, 1.807) is 6.07 Å². The van der Waals surface area contributed by atoms with Crippen LogP contribution in [0.15, 0.2) is 54.6 Å². The number of likely N-dealkylation sites (tertiary alicyclic amines) is 1. The van der Waals surface area contributed by atoms with Crippen molar-refractivity contribution in [3.8, 4) is 0 Å². The Morgan fingerprint density at radius 3 is 2.35 bits per heavy atom. The normalized spacial score (nSPS) is 17.7. The third kappa shape index (κ3) is 7.15. The number of piperidine rings is 1. The number of hydrogen-bond acceptors (Lipinski definition) is 4. The molecule has 0 atom stereocenters. The monoisotopic (exact) mass is 462 g/mol. The Morgan fingerprint density at radius 1 is 0.941 bits per heavy atom. The number of nitrogens with zero attached hydrogens (tertiary/aromatic N) is 2. The number of nitrogens with one attached hydrogen (secondary N) is 2. The van der Waals surface area contributed by atoms with Gasteiger partial charge in [0.1, 0.15) is 0 Å². The molecule has 1 heterocycles. The summed E-state index contributed by atoms with van der Waals surface area (Å²) in [7, 11) is 2.19. The summed E-state index contributed by atoms with van der Waals surface area (Å²) in [5.74, 6) is 0.511. The van der Waals surface area contributed by atoms with Crippen LogP contribution in [0.5, 0.6) is 0 Å². The molecule has 6 heteroatoms. The molecule has 2 amide bonds. The summed E-state index contributed by atoms with van der Waals surface area (Å²) in [6.07, 6.45) is 6.63. The predicted octanol–water partition coefficient (Wildman–Crippen LogP) is 4.14. The van der Waals surface area contributed by atoms with Gasteiger partial charge < -0.3 is 15.5 Å². The first kappa shape index (κ1) is 24.4. The second-order valence-electron chi connectivity index (χ2n) is 9.95. The fourth-order valence-electron chi connectivity index (χ4n) is 5.24. The van der Waals surface area contributed by atoms with Crippen LogP contribution in [0, 0.1) is 5.92 Å². The fourth-order valence-corrected chi connectivity index (χ4v) is 5.24. The van der Waals surface area contributed by atoms with Gasteiger partial charge in [-0.25, -0.2) is 0 Å². The lowest BCUT2D eigenvalue weighted by Gasteiger charge is -2.33. The average Bonchev–Trinajstić information content (AvgIpc) is 3.34. The molecule has 0 aromatic heterocycles. The molecule has 2 N–H and O–H groups in total. The first-order chi connectivity index (χ1) is 16.6. The zero-order valence-corrected chi connectivity index (χ0v) is 20.3. The van der Waals surface area contributed by atoms with E-state index in [4.69, 9.17) is 0 Å². The van der Waals surface area contributed by atoms with Crippen LogP contribution >= 0.6 is 0 Å². The van der Waals surface area contributed by atoms with Gasteiger partial charge >= 0.3 is 0 Å². The molecule has 0 bridgehead atoms. The number of para-hydroxylation sites is 1. The van der Waals surface area contributed by atoms with Crippen LogP contribution in [0.4, 0.5) is 5.69 Å². The predicted molar refractivity (Wildman–Crippen MR) is 137 cm³/mol. The average molecular weight is 463 g/mol. The topological polar surface area (TPSA) is 64.7 Å². The van der Waals surface area contributed by atoms with Gasteiger partial charge in [0.25, 0.3) is 5.91 Å². The van der Waals surface area contributed by atoms with E-state index in [2.05, 4.69) is 57.8 Å². The SMILES string of the molecule is CN(Cc1ccccc1)CC1CCN(CC(=O)Nc2ccccc2C(=O)NC2CCCC2)CC1. The highest BCUT2D eigenvalue weighted by Crippen LogP contribution is 2.21. The van der Waals surface area contributed by atoms with Gasteiger partial charge in [0.2, 0.25) is 5.91 Å². The Balaban J connectivity index is 1.21. The van der Waals surface area contributed by atoms with E-state index >= 15 is 0 Å². The van der Waals surface area contributed by atoms with Crippen molar-refractivity contribution < 1.29 is 9.59 Å². The van der Waals surface area contributed by atoms with Gasteiger partial charge in [-0.15, -0.1) is 0 Å². The summed E-state index contributed by atoms with van der Waals surface area (Å²) in [5.41, 5.74) is 2.49. The van der Waals surface area contributed by atoms with Crippen molar-refractivity contribution in [2.45, 2.75) is 51.1 Å². The summed E-state index contributed by atoms with van der Waals surface area (Å²) < 4.78 is 0. The minimum absolute atomic E-state index is 0.0548. The molecule has 1 saturated carbocycles. The Morgan fingerprint density at radius 2 is 1.62 bits per heavy atom. The second kappa shape index (κ2) is 12.1. The van der Waals surface area contributed by atoms with Crippen LogP contribution in [0.3, 0.4) is 0 Å². The highest BCUT2D eigenvalue weighted by atomic mass is 16.2. The Kier molecular flexibility index (Phi) is 8.72. The smallest absolute Gasteiger partial charge is 0.253 e. The van der Waals surface area contributed by atoms with E-state index in [0.29, 0.717) is 23.7 Å². The van der Waals surface area contributed by atoms with Gasteiger partial charge in [-0.05, 0) is 69.4 Å². The molecule has 0 spiro atoms. The van der Waals surface area contributed by atoms with Gasteiger partial charge in [-0.3, -0.25) is 14.5 Å². The van der Waals surface area contributed by atoms with Crippen molar-refractivity contribution in [3.63, 3.8) is 0 Å². The van der Waals surface area contributed by atoms with E-state index < -0.39 is 0 Å². The van der Waals surface area contributed by atoms with Crippen molar-refractivity contribution in [2.24, 2.45) is 5.92 Å². The molecule has 2 aromatic rings. The second-order valence-corrected chi connectivity index (χ2v) is 9.95. The molecule has 4 rings (SSSR count). The van der Waals surface area contributed by atoms with Gasteiger partial charge in [0.15, 0.2) is 0 Å². The summed E-state index contributed by atoms with van der Waals surface area (Å²) in [6, 6.07) is 18.2. The zero-order valence-electron chi connectivity index (χ0n) is 20.3. The number of carbonyl (C=O) groups excluding carboxylic acids is 2. The summed E-state index contributed by atoms with van der Waals surface area (Å²) in [4.78, 5) is 30.2. The molecule has 34 heavy (non-hydrogen) atoms. The first-order valence-electron chi connectivity index (χ1n) is 12.7. The lowest BCUT2D eigenvalue weighted by molar-refractivity contribution is -0.117. The van der Waals surface area contributed by atoms with Crippen molar-refractivity contribution in [3.05, 3.63) is 65.7 Å². The largest absolute Gasteiger partial charge is 0.349 e. The van der Waals surface area contributed by atoms with Crippen LogP contribution in [0.1, 0.15) is 54.4 Å². The molecule has 0 radical (unpaired) electrons. The molecule has 2 aliphatic rings. The third-order valence-corrected chi connectivity index (χ3v) is 7.08. The number of rotatable bonds is 9. The molecule has 6 nitrogen and oxygen atoms in total. The highest BCUT2D eigenvalue weighted by Gasteiger charge is 2.23. The summed E-state index contributed by atoms with van der Waals surface area (Å²) >= 11 is 0. The van der Waals surface area contributed by atoms with E-state index in [-0.39, 0.29) is 17.9 Å². The van der Waals surface area contributed by atoms with E-state index in [1.165, 1.54) is 18.4 Å². The lowest BCUT2D eigenvalue weighted by Crippen LogP contribution is -2.41. The van der Waals surface area contributed by atoms with Gasteiger partial charge in [-0.2, -0.15) is 0 Å². The molecule has 0 unspecified atom stereocenters. The number of hydrogen-bond donors (Lipinski definition) is 2. The highest BCUT2D eigenvalue weighted by molar-refractivity contribution is 6.04. The summed E-state index contributed by atoms with van der Waals surface area (Å²) in [5, 5.41) is 6.11. The van der Waals surface area contributed by atoms with Crippen LogP contribution in [0.2, 0.25) is 0 Å². The van der Waals surface area contributed by atoms with Crippen molar-refractivity contribution in [1.29, 1.82) is 0 Å². The maximum Gasteiger partial charge on any atom is 0.253 e. The van der Waals surface area contributed by atoms with Gasteiger partial charge in [0, 0.05) is 19.1 Å². The van der Waals surface area contributed by atoms with Gasteiger partial charge in [-0.1, -0.05) is 55.3 Å². The number of anilines is 1. The zero-order chi connectivity index (χ0) is 23.8. The summed E-state index contributed by atoms with van der Waals surface area (Å²) in [6.45, 7) is 4.28. The molecule has 1 aliphatic carbocycles. The standard InChI is InChI=1S/C28H38N4O2/c1-31(19-22-9-3-2-4-10-22)20-23-15-17-32(18-16-23)21-27(33)30-26-14-8-7-13-25(26)28(34)29-24-11-5-6-12-24/h2-4,7-10,13-14,23-24H,5-6,11-12,15-21H2,1H3,(H,29,34)(H,30,33). The minimum atomic E-state index is -0.0942. The van der Waals surface area contributed by atoms with Crippen LogP contribution in [0.25, 0.3) is 0 Å². The maximum atomic E-state index is 12.8. The molecule has 182 valence electrons. The van der Waals surface area contributed by atoms with E-state index in [1.807, 2.05) is 18.2 Å². The lowest BCUT2D eigenvalue weighted by atomic mass is 9.96. The van der Waals surface area contributed by atoms with E-state index in [0.717, 1.165) is 51.9 Å². The van der Waals surface area contributed by atoms with Crippen molar-refractivity contribution >= 4 is 17.5 Å². The van der Waals surface area contributed by atoms with Crippen LogP contribution in [-0.2, 0) is 11.3 Å². The number of amides is 2. The maximum absolute atomic E-state index is 12.8.